The first-order valence-electron chi connectivity index (χ1n) is 7.91. The monoisotopic (exact) mass is 345 g/mol. The van der Waals surface area contributed by atoms with E-state index in [0.29, 0.717) is 30.5 Å². The van der Waals surface area contributed by atoms with Crippen molar-refractivity contribution >= 4 is 12.0 Å². The highest BCUT2D eigenvalue weighted by atomic mass is 16.5. The van der Waals surface area contributed by atoms with Crippen LogP contribution in [0.15, 0.2) is 36.7 Å². The normalized spacial score (nSPS) is 11.3. The van der Waals surface area contributed by atoms with Crippen LogP contribution in [0.4, 0.5) is 10.7 Å². The summed E-state index contributed by atoms with van der Waals surface area (Å²) in [5.74, 6) is 1.81. The molecule has 0 fully saturated rings. The highest BCUT2D eigenvalue weighted by Crippen LogP contribution is 2.29. The quantitative estimate of drug-likeness (QED) is 0.633. The molecule has 1 aromatic heterocycles. The number of anilines is 1. The first-order chi connectivity index (χ1) is 12.1. The summed E-state index contributed by atoms with van der Waals surface area (Å²) in [4.78, 5) is 20.1. The zero-order valence-electron chi connectivity index (χ0n) is 14.6. The van der Waals surface area contributed by atoms with E-state index in [0.717, 1.165) is 5.56 Å². The molecule has 3 N–H and O–H groups in total. The Balaban J connectivity index is 1.78. The zero-order valence-corrected chi connectivity index (χ0v) is 14.6. The van der Waals surface area contributed by atoms with Crippen LogP contribution in [0.25, 0.3) is 0 Å². The maximum atomic E-state index is 12.0. The molecule has 0 radical (unpaired) electrons. The lowest BCUT2D eigenvalue weighted by atomic mass is 10.1. The third kappa shape index (κ3) is 5.52. The van der Waals surface area contributed by atoms with Crippen LogP contribution in [0.2, 0.25) is 0 Å². The Morgan fingerprint density at radius 2 is 1.84 bits per heavy atom. The Bertz CT molecular complexity index is 681. The number of carbonyl (C=O) groups excluding carboxylic acids is 1. The summed E-state index contributed by atoms with van der Waals surface area (Å²) in [6.45, 7) is 2.88. The van der Waals surface area contributed by atoms with Crippen molar-refractivity contribution in [3.8, 4) is 11.5 Å². The third-order valence-corrected chi connectivity index (χ3v) is 3.51. The molecule has 0 spiro atoms. The number of ether oxygens (including phenoxy) is 2. The number of rotatable bonds is 8. The van der Waals surface area contributed by atoms with Gasteiger partial charge in [0, 0.05) is 25.5 Å². The predicted octanol–water partition coefficient (Wildman–Crippen LogP) is 1.97. The van der Waals surface area contributed by atoms with Crippen LogP contribution < -0.4 is 25.4 Å². The fourth-order valence-electron chi connectivity index (χ4n) is 2.19. The van der Waals surface area contributed by atoms with Crippen LogP contribution in [-0.4, -0.2) is 43.3 Å². The van der Waals surface area contributed by atoms with Gasteiger partial charge in [0.05, 0.1) is 20.3 Å². The molecule has 0 bridgehead atoms. The third-order valence-electron chi connectivity index (χ3n) is 3.51. The van der Waals surface area contributed by atoms with Gasteiger partial charge >= 0.3 is 6.03 Å². The average Bonchev–Trinajstić information content (AvgIpc) is 2.65. The van der Waals surface area contributed by atoms with Gasteiger partial charge in [0.15, 0.2) is 11.5 Å². The number of hydrogen-bond donors (Lipinski definition) is 3. The van der Waals surface area contributed by atoms with E-state index in [-0.39, 0.29) is 12.1 Å². The second-order valence-electron chi connectivity index (χ2n) is 5.24. The van der Waals surface area contributed by atoms with Crippen molar-refractivity contribution in [1.82, 2.24) is 20.6 Å². The number of hydrogen-bond acceptors (Lipinski definition) is 6. The molecule has 8 nitrogen and oxygen atoms in total. The summed E-state index contributed by atoms with van der Waals surface area (Å²) in [5.41, 5.74) is 0.920. The summed E-state index contributed by atoms with van der Waals surface area (Å²) < 4.78 is 10.5. The van der Waals surface area contributed by atoms with E-state index in [1.807, 2.05) is 25.1 Å². The maximum absolute atomic E-state index is 12.0. The Kier molecular flexibility index (Phi) is 6.82. The Morgan fingerprint density at radius 3 is 2.52 bits per heavy atom. The molecular formula is C17H23N5O3. The molecule has 2 aromatic rings. The molecule has 2 rings (SSSR count). The SMILES string of the molecule is COc1ccc([C@H](C)NC(=O)NCCNc2ncccn2)cc1OC. The number of urea groups is 1. The van der Waals surface area contributed by atoms with Crippen molar-refractivity contribution in [3.63, 3.8) is 0 Å². The van der Waals surface area contributed by atoms with Gasteiger partial charge in [0.25, 0.3) is 0 Å². The van der Waals surface area contributed by atoms with Gasteiger partial charge in [0.1, 0.15) is 0 Å². The first kappa shape index (κ1) is 18.3. The second kappa shape index (κ2) is 9.31. The minimum atomic E-state index is -0.252. The molecule has 0 saturated heterocycles. The Hall–Kier alpha value is -3.03. The van der Waals surface area contributed by atoms with Crippen LogP contribution in [0, 0.1) is 0 Å². The number of aromatic nitrogens is 2. The van der Waals surface area contributed by atoms with Gasteiger partial charge in [0.2, 0.25) is 5.95 Å². The Labute approximate surface area is 147 Å². The summed E-state index contributed by atoms with van der Waals surface area (Å²) >= 11 is 0. The largest absolute Gasteiger partial charge is 0.493 e. The molecule has 8 heteroatoms. The van der Waals surface area contributed by atoms with E-state index in [1.165, 1.54) is 0 Å². The maximum Gasteiger partial charge on any atom is 0.315 e. The molecule has 0 unspecified atom stereocenters. The minimum absolute atomic E-state index is 0.176. The smallest absolute Gasteiger partial charge is 0.315 e. The number of carbonyl (C=O) groups is 1. The van der Waals surface area contributed by atoms with E-state index in [9.17, 15) is 4.79 Å². The molecule has 1 aromatic carbocycles. The lowest BCUT2D eigenvalue weighted by Gasteiger charge is -2.17. The van der Waals surface area contributed by atoms with Crippen LogP contribution in [0.3, 0.4) is 0 Å². The fourth-order valence-corrected chi connectivity index (χ4v) is 2.19. The highest BCUT2D eigenvalue weighted by molar-refractivity contribution is 5.74. The number of nitrogens with zero attached hydrogens (tertiary/aromatic N) is 2. The zero-order chi connectivity index (χ0) is 18.1. The molecular weight excluding hydrogens is 322 g/mol. The van der Waals surface area contributed by atoms with Gasteiger partial charge in [-0.15, -0.1) is 0 Å². The number of benzene rings is 1. The topological polar surface area (TPSA) is 97.4 Å². The van der Waals surface area contributed by atoms with Crippen LogP contribution in [0.5, 0.6) is 11.5 Å². The molecule has 134 valence electrons. The Morgan fingerprint density at radius 1 is 1.12 bits per heavy atom. The molecule has 1 atom stereocenters. The highest BCUT2D eigenvalue weighted by Gasteiger charge is 2.12. The molecule has 0 aliphatic rings. The summed E-state index contributed by atoms with van der Waals surface area (Å²) in [6.07, 6.45) is 3.31. The number of methoxy groups -OCH3 is 2. The van der Waals surface area contributed by atoms with Crippen LogP contribution >= 0.6 is 0 Å². The van der Waals surface area contributed by atoms with Gasteiger partial charge in [-0.1, -0.05) is 6.07 Å². The molecule has 0 aliphatic heterocycles. The minimum Gasteiger partial charge on any atom is -0.493 e. The van der Waals surface area contributed by atoms with E-state index in [1.54, 1.807) is 32.7 Å². The summed E-state index contributed by atoms with van der Waals surface area (Å²) in [7, 11) is 3.16. The van der Waals surface area contributed by atoms with E-state index in [2.05, 4.69) is 25.9 Å². The van der Waals surface area contributed by atoms with Gasteiger partial charge < -0.3 is 25.4 Å². The predicted molar refractivity (Wildman–Crippen MR) is 95.0 cm³/mol. The van der Waals surface area contributed by atoms with Crippen molar-refractivity contribution in [1.29, 1.82) is 0 Å². The lowest BCUT2D eigenvalue weighted by Crippen LogP contribution is -2.39. The first-order valence-corrected chi connectivity index (χ1v) is 7.91. The molecule has 2 amide bonds. The van der Waals surface area contributed by atoms with Gasteiger partial charge in [-0.3, -0.25) is 0 Å². The van der Waals surface area contributed by atoms with Crippen LogP contribution in [-0.2, 0) is 0 Å². The van der Waals surface area contributed by atoms with E-state index in [4.69, 9.17) is 9.47 Å². The van der Waals surface area contributed by atoms with Gasteiger partial charge in [-0.05, 0) is 30.7 Å². The van der Waals surface area contributed by atoms with Crippen molar-refractivity contribution in [2.24, 2.45) is 0 Å². The fraction of sp³-hybridized carbons (Fsp3) is 0.353. The summed E-state index contributed by atoms with van der Waals surface area (Å²) in [5, 5.41) is 8.68. The second-order valence-corrected chi connectivity index (χ2v) is 5.24. The standard InChI is InChI=1S/C17H23N5O3/c1-12(13-5-6-14(24-2)15(11-13)25-3)22-17(23)21-10-9-20-16-18-7-4-8-19-16/h4-8,11-12H,9-10H2,1-3H3,(H,18,19,20)(H2,21,22,23)/t12-/m0/s1. The van der Waals surface area contributed by atoms with Crippen LogP contribution in [0.1, 0.15) is 18.5 Å². The van der Waals surface area contributed by atoms with Gasteiger partial charge in [-0.2, -0.15) is 0 Å². The van der Waals surface area contributed by atoms with E-state index < -0.39 is 0 Å². The van der Waals surface area contributed by atoms with Crippen molar-refractivity contribution in [2.75, 3.05) is 32.6 Å². The van der Waals surface area contributed by atoms with Crippen molar-refractivity contribution in [3.05, 3.63) is 42.2 Å². The number of amides is 2. The molecule has 0 aliphatic carbocycles. The average molecular weight is 345 g/mol. The molecule has 0 saturated carbocycles. The van der Waals surface area contributed by atoms with Crippen molar-refractivity contribution in [2.45, 2.75) is 13.0 Å². The summed E-state index contributed by atoms with van der Waals surface area (Å²) in [6, 6.07) is 6.86. The van der Waals surface area contributed by atoms with Gasteiger partial charge in [-0.25, -0.2) is 14.8 Å². The van der Waals surface area contributed by atoms with Crippen molar-refractivity contribution < 1.29 is 14.3 Å². The molecule has 1 heterocycles. The lowest BCUT2D eigenvalue weighted by molar-refractivity contribution is 0.238. The molecule has 25 heavy (non-hydrogen) atoms. The van der Waals surface area contributed by atoms with E-state index >= 15 is 0 Å². The number of nitrogens with one attached hydrogen (secondary N) is 3.